The number of hydrogen-bond donors (Lipinski definition) is 2. The molecule has 0 spiro atoms. The van der Waals surface area contributed by atoms with Gasteiger partial charge in [-0.25, -0.2) is 13.4 Å². The van der Waals surface area contributed by atoms with Crippen molar-refractivity contribution in [2.24, 2.45) is 0 Å². The molecular weight excluding hydrogens is 474 g/mol. The number of para-hydroxylation sites is 2. The lowest BCUT2D eigenvalue weighted by atomic mass is 10.1. The SMILES string of the molecule is Cc1ccc(NS(=O)(=O)c2ccc(C(=O)NC(C)c3nc4ccccc4n3C(F)F)cc2)cc1C. The highest BCUT2D eigenvalue weighted by atomic mass is 32.2. The molecule has 2 N–H and O–H groups in total. The van der Waals surface area contributed by atoms with E-state index in [1.807, 2.05) is 19.9 Å². The third-order valence-electron chi connectivity index (χ3n) is 5.74. The van der Waals surface area contributed by atoms with Crippen molar-refractivity contribution in [3.05, 3.63) is 89.2 Å². The van der Waals surface area contributed by atoms with Gasteiger partial charge in [0.1, 0.15) is 5.82 Å². The number of anilines is 1. The zero-order chi connectivity index (χ0) is 25.3. The molecule has 4 aromatic rings. The molecule has 1 heterocycles. The predicted molar refractivity (Wildman–Crippen MR) is 130 cm³/mol. The first-order valence-electron chi connectivity index (χ1n) is 10.8. The number of sulfonamides is 1. The van der Waals surface area contributed by atoms with Crippen molar-refractivity contribution in [1.82, 2.24) is 14.9 Å². The van der Waals surface area contributed by atoms with Crippen molar-refractivity contribution >= 4 is 32.7 Å². The molecule has 0 aliphatic carbocycles. The molecule has 0 saturated carbocycles. The highest BCUT2D eigenvalue weighted by Crippen LogP contribution is 2.27. The first kappa shape index (κ1) is 24.3. The highest BCUT2D eigenvalue weighted by molar-refractivity contribution is 7.92. The maximum atomic E-state index is 13.7. The zero-order valence-corrected chi connectivity index (χ0v) is 20.1. The number of halogens is 2. The summed E-state index contributed by atoms with van der Waals surface area (Å²) in [5, 5.41) is 2.66. The molecule has 0 aliphatic rings. The topological polar surface area (TPSA) is 93.1 Å². The normalized spacial score (nSPS) is 12.6. The number of fused-ring (bicyclic) bond motifs is 1. The van der Waals surface area contributed by atoms with Gasteiger partial charge >= 0.3 is 6.55 Å². The van der Waals surface area contributed by atoms with E-state index < -0.39 is 28.5 Å². The molecule has 0 aliphatic heterocycles. The first-order valence-corrected chi connectivity index (χ1v) is 12.3. The Bertz CT molecular complexity index is 1500. The molecular formula is C25H24F2N4O3S. The van der Waals surface area contributed by atoms with Gasteiger partial charge in [0.15, 0.2) is 0 Å². The quantitative estimate of drug-likeness (QED) is 0.360. The summed E-state index contributed by atoms with van der Waals surface area (Å²) in [6.07, 6.45) is 0. The average Bonchev–Trinajstić information content (AvgIpc) is 3.21. The summed E-state index contributed by atoms with van der Waals surface area (Å²) in [7, 11) is -3.86. The molecule has 0 bridgehead atoms. The van der Waals surface area contributed by atoms with Crippen LogP contribution >= 0.6 is 0 Å². The highest BCUT2D eigenvalue weighted by Gasteiger charge is 2.23. The molecule has 1 aromatic heterocycles. The lowest BCUT2D eigenvalue weighted by molar-refractivity contribution is 0.0688. The number of nitrogens with zero attached hydrogens (tertiary/aromatic N) is 2. The second-order valence-electron chi connectivity index (χ2n) is 8.23. The zero-order valence-electron chi connectivity index (χ0n) is 19.3. The maximum Gasteiger partial charge on any atom is 0.320 e. The van der Waals surface area contributed by atoms with E-state index in [9.17, 15) is 22.0 Å². The van der Waals surface area contributed by atoms with Gasteiger partial charge in [0.25, 0.3) is 15.9 Å². The summed E-state index contributed by atoms with van der Waals surface area (Å²) in [6.45, 7) is 2.55. The minimum Gasteiger partial charge on any atom is -0.342 e. The van der Waals surface area contributed by atoms with Gasteiger partial charge in [0.2, 0.25) is 0 Å². The lowest BCUT2D eigenvalue weighted by Crippen LogP contribution is -2.29. The number of aryl methyl sites for hydroxylation is 2. The van der Waals surface area contributed by atoms with Crippen LogP contribution in [0.25, 0.3) is 11.0 Å². The second kappa shape index (κ2) is 9.46. The molecule has 0 fully saturated rings. The van der Waals surface area contributed by atoms with Gasteiger partial charge in [0.05, 0.1) is 22.0 Å². The number of aromatic nitrogens is 2. The van der Waals surface area contributed by atoms with E-state index in [1.54, 1.807) is 37.3 Å². The summed E-state index contributed by atoms with van der Waals surface area (Å²) in [6, 6.07) is 16.3. The van der Waals surface area contributed by atoms with E-state index >= 15 is 0 Å². The predicted octanol–water partition coefficient (Wildman–Crippen LogP) is 5.34. The van der Waals surface area contributed by atoms with Crippen LogP contribution in [0.2, 0.25) is 0 Å². The van der Waals surface area contributed by atoms with Crippen LogP contribution in [0, 0.1) is 13.8 Å². The third kappa shape index (κ3) is 5.02. The van der Waals surface area contributed by atoms with E-state index in [-0.39, 0.29) is 21.8 Å². The van der Waals surface area contributed by atoms with Gasteiger partial charge in [-0.3, -0.25) is 14.1 Å². The van der Waals surface area contributed by atoms with Crippen molar-refractivity contribution in [2.45, 2.75) is 38.3 Å². The summed E-state index contributed by atoms with van der Waals surface area (Å²) >= 11 is 0. The third-order valence-corrected chi connectivity index (χ3v) is 7.14. The smallest absolute Gasteiger partial charge is 0.320 e. The van der Waals surface area contributed by atoms with Crippen LogP contribution < -0.4 is 10.0 Å². The van der Waals surface area contributed by atoms with Crippen LogP contribution in [0.3, 0.4) is 0 Å². The number of carbonyl (C=O) groups is 1. The van der Waals surface area contributed by atoms with Crippen molar-refractivity contribution in [3.8, 4) is 0 Å². The molecule has 182 valence electrons. The van der Waals surface area contributed by atoms with Crippen molar-refractivity contribution in [1.29, 1.82) is 0 Å². The monoisotopic (exact) mass is 498 g/mol. The largest absolute Gasteiger partial charge is 0.342 e. The fraction of sp³-hybridized carbons (Fsp3) is 0.200. The molecule has 0 radical (unpaired) electrons. The Kier molecular flexibility index (Phi) is 6.58. The van der Waals surface area contributed by atoms with Gasteiger partial charge in [-0.1, -0.05) is 18.2 Å². The van der Waals surface area contributed by atoms with Gasteiger partial charge in [-0.2, -0.15) is 8.78 Å². The molecule has 1 unspecified atom stereocenters. The van der Waals surface area contributed by atoms with Crippen LogP contribution in [-0.4, -0.2) is 23.9 Å². The summed E-state index contributed by atoms with van der Waals surface area (Å²) in [4.78, 5) is 17.0. The van der Waals surface area contributed by atoms with E-state index in [0.29, 0.717) is 11.2 Å². The Morgan fingerprint density at radius 1 is 0.971 bits per heavy atom. The Morgan fingerprint density at radius 3 is 2.31 bits per heavy atom. The molecule has 1 atom stereocenters. The second-order valence-corrected chi connectivity index (χ2v) is 9.91. The maximum absolute atomic E-state index is 13.7. The number of rotatable bonds is 7. The fourth-order valence-corrected chi connectivity index (χ4v) is 4.77. The van der Waals surface area contributed by atoms with Gasteiger partial charge in [0, 0.05) is 11.3 Å². The first-order chi connectivity index (χ1) is 16.6. The Balaban J connectivity index is 1.51. The number of amides is 1. The minimum absolute atomic E-state index is 0.0141. The Morgan fingerprint density at radius 2 is 1.66 bits per heavy atom. The fourth-order valence-electron chi connectivity index (χ4n) is 3.72. The minimum atomic E-state index is -3.86. The van der Waals surface area contributed by atoms with Crippen LogP contribution in [-0.2, 0) is 10.0 Å². The van der Waals surface area contributed by atoms with Crippen molar-refractivity contribution < 1.29 is 22.0 Å². The number of alkyl halides is 2. The van der Waals surface area contributed by atoms with Crippen molar-refractivity contribution in [3.63, 3.8) is 0 Å². The summed E-state index contributed by atoms with van der Waals surface area (Å²) in [5.41, 5.74) is 3.28. The summed E-state index contributed by atoms with van der Waals surface area (Å²) in [5.74, 6) is -0.525. The lowest BCUT2D eigenvalue weighted by Gasteiger charge is -2.16. The molecule has 4 rings (SSSR count). The number of imidazole rings is 1. The average molecular weight is 499 g/mol. The number of hydrogen-bond acceptors (Lipinski definition) is 4. The van der Waals surface area contributed by atoms with E-state index in [0.717, 1.165) is 15.7 Å². The number of benzene rings is 3. The van der Waals surface area contributed by atoms with E-state index in [1.165, 1.54) is 30.3 Å². The number of nitrogens with one attached hydrogen (secondary N) is 2. The van der Waals surface area contributed by atoms with Crippen LogP contribution in [0.1, 0.15) is 46.8 Å². The molecule has 35 heavy (non-hydrogen) atoms. The standard InChI is InChI=1S/C25H24F2N4O3S/c1-15-8-11-19(14-16(15)2)30-35(33,34)20-12-9-18(10-13-20)24(32)28-17(3)23-29-21-6-4-5-7-22(21)31(23)25(26)27/h4-14,17,25,30H,1-3H3,(H,28,32). The van der Waals surface area contributed by atoms with Crippen LogP contribution in [0.4, 0.5) is 14.5 Å². The van der Waals surface area contributed by atoms with E-state index in [4.69, 9.17) is 0 Å². The van der Waals surface area contributed by atoms with Gasteiger partial charge in [-0.05, 0) is 80.4 Å². The van der Waals surface area contributed by atoms with Crippen molar-refractivity contribution in [2.75, 3.05) is 4.72 Å². The molecule has 1 amide bonds. The molecule has 3 aromatic carbocycles. The van der Waals surface area contributed by atoms with Gasteiger partial charge in [-0.15, -0.1) is 0 Å². The molecule has 0 saturated heterocycles. The summed E-state index contributed by atoms with van der Waals surface area (Å²) < 4.78 is 56.2. The molecule has 10 heteroatoms. The Labute approximate surface area is 201 Å². The van der Waals surface area contributed by atoms with Crippen LogP contribution in [0.5, 0.6) is 0 Å². The van der Waals surface area contributed by atoms with Gasteiger partial charge < -0.3 is 5.32 Å². The number of carbonyl (C=O) groups excluding carboxylic acids is 1. The Hall–Kier alpha value is -3.79. The van der Waals surface area contributed by atoms with E-state index in [2.05, 4.69) is 15.0 Å². The molecule has 7 nitrogen and oxygen atoms in total. The van der Waals surface area contributed by atoms with Crippen LogP contribution in [0.15, 0.2) is 71.6 Å².